The summed E-state index contributed by atoms with van der Waals surface area (Å²) in [5.41, 5.74) is -5.95. The van der Waals surface area contributed by atoms with E-state index in [1.807, 2.05) is 34.6 Å². The van der Waals surface area contributed by atoms with E-state index in [0.717, 1.165) is 0 Å². The normalized spacial score (nSPS) is 41.3. The summed E-state index contributed by atoms with van der Waals surface area (Å²) in [5, 5.41) is 113. The number of nitrogens with one attached hydrogen (secondary N) is 3. The van der Waals surface area contributed by atoms with Crippen LogP contribution >= 0.6 is 0 Å². The molecule has 1 aromatic rings. The number of phenolic OH excluding ortho intramolecular Hbond substituents is 1. The largest absolute Gasteiger partial charge is 0.508 e. The van der Waals surface area contributed by atoms with Crippen molar-refractivity contribution in [3.8, 4) is 5.75 Å². The van der Waals surface area contributed by atoms with Crippen LogP contribution in [0.5, 0.6) is 5.75 Å². The Kier molecular flexibility index (Phi) is 23.3. The summed E-state index contributed by atoms with van der Waals surface area (Å²) in [4.78, 5) is 81.7. The summed E-state index contributed by atoms with van der Waals surface area (Å²) < 4.78 is 44.4. The zero-order valence-electron chi connectivity index (χ0n) is 55.6. The third-order valence-electron chi connectivity index (χ3n) is 21.2. The van der Waals surface area contributed by atoms with Gasteiger partial charge in [-0.3, -0.25) is 24.0 Å². The van der Waals surface area contributed by atoms with E-state index >= 15 is 0 Å². The number of unbranched alkanes of at least 4 members (excludes halogenated alkanes) is 2. The van der Waals surface area contributed by atoms with Gasteiger partial charge in [-0.05, 0) is 122 Å². The van der Waals surface area contributed by atoms with Crippen LogP contribution in [0.3, 0.4) is 0 Å². The van der Waals surface area contributed by atoms with Gasteiger partial charge >= 0.3 is 12.1 Å². The monoisotopic (exact) mass is 1300 g/mol. The van der Waals surface area contributed by atoms with Crippen molar-refractivity contribution in [3.05, 3.63) is 46.2 Å². The molecule has 3 aliphatic carbocycles. The van der Waals surface area contributed by atoms with Crippen molar-refractivity contribution in [3.63, 3.8) is 0 Å². The quantitative estimate of drug-likeness (QED) is 0.0567. The number of fused-ring (bicyclic) bond motifs is 3. The highest BCUT2D eigenvalue weighted by atomic mass is 16.7. The highest BCUT2D eigenvalue weighted by molar-refractivity contribution is 6.24. The molecular weight excluding hydrogens is 1200 g/mol. The third kappa shape index (κ3) is 14.6. The Morgan fingerprint density at radius 1 is 0.783 bits per heavy atom. The number of alkyl carbamates (subject to hydrolysis) is 1. The fourth-order valence-corrected chi connectivity index (χ4v) is 15.3. The summed E-state index contributed by atoms with van der Waals surface area (Å²) in [5.74, 6) is -13.4. The predicted octanol–water partition coefficient (Wildman–Crippen LogP) is 3.64. The average Bonchev–Trinajstić information content (AvgIpc) is 0.692. The second kappa shape index (κ2) is 28.9. The number of nitrogens with two attached hydrogens (primary N) is 1. The molecule has 3 aliphatic heterocycles. The smallest absolute Gasteiger partial charge is 0.407 e. The highest BCUT2D eigenvalue weighted by Crippen LogP contribution is 2.57. The number of hydrogen-bond acceptors (Lipinski definition) is 23. The lowest BCUT2D eigenvalue weighted by Gasteiger charge is -2.52. The zero-order valence-corrected chi connectivity index (χ0v) is 55.6. The molecule has 0 spiro atoms. The van der Waals surface area contributed by atoms with Crippen molar-refractivity contribution < 1.29 is 108 Å². The Morgan fingerprint density at radius 2 is 1.46 bits per heavy atom. The molecule has 92 heavy (non-hydrogen) atoms. The van der Waals surface area contributed by atoms with Crippen LogP contribution < -0.4 is 21.7 Å². The second-order valence-electron chi connectivity index (χ2n) is 28.0. The number of aliphatic hydroxyl groups is 8. The Hall–Kier alpha value is -5.36. The number of methoxy groups -OCH3 is 1. The van der Waals surface area contributed by atoms with Gasteiger partial charge < -0.3 is 101 Å². The number of aromatic hydroxyl groups is 1. The van der Waals surface area contributed by atoms with Crippen LogP contribution in [0.4, 0.5) is 4.79 Å². The number of rotatable bonds is 18. The highest BCUT2D eigenvalue weighted by Gasteiger charge is 2.66. The van der Waals surface area contributed by atoms with Crippen LogP contribution in [0.1, 0.15) is 159 Å². The number of cyclic esters (lactones) is 1. The maximum Gasteiger partial charge on any atom is 0.407 e. The van der Waals surface area contributed by atoms with E-state index in [1.165, 1.54) is 39.2 Å². The van der Waals surface area contributed by atoms with Crippen molar-refractivity contribution in [1.29, 1.82) is 0 Å². The van der Waals surface area contributed by atoms with Gasteiger partial charge in [0.15, 0.2) is 30.1 Å². The first-order valence-electron chi connectivity index (χ1n) is 32.5. The minimum absolute atomic E-state index is 0.0264. The minimum Gasteiger partial charge on any atom is -0.508 e. The summed E-state index contributed by atoms with van der Waals surface area (Å²) >= 11 is 0. The van der Waals surface area contributed by atoms with Crippen LogP contribution in [0.25, 0.3) is 5.76 Å². The number of benzene rings is 1. The minimum atomic E-state index is -2.97. The van der Waals surface area contributed by atoms with Crippen molar-refractivity contribution in [1.82, 2.24) is 16.0 Å². The van der Waals surface area contributed by atoms with E-state index in [1.54, 1.807) is 41.5 Å². The number of ether oxygens (including phenoxy) is 7. The van der Waals surface area contributed by atoms with Crippen molar-refractivity contribution in [2.45, 2.75) is 243 Å². The second-order valence-corrected chi connectivity index (χ2v) is 28.0. The lowest BCUT2D eigenvalue weighted by Crippen LogP contribution is -2.67. The van der Waals surface area contributed by atoms with E-state index in [-0.39, 0.29) is 92.6 Å². The third-order valence-corrected chi connectivity index (χ3v) is 21.2. The number of phenols is 1. The van der Waals surface area contributed by atoms with Crippen molar-refractivity contribution >= 4 is 41.2 Å². The first-order chi connectivity index (χ1) is 42.8. The molecule has 26 nitrogen and oxygen atoms in total. The van der Waals surface area contributed by atoms with Gasteiger partial charge in [0.25, 0.3) is 5.91 Å². The van der Waals surface area contributed by atoms with Crippen LogP contribution in [-0.2, 0) is 62.7 Å². The number of aliphatic hydroxyl groups excluding tert-OH is 4. The van der Waals surface area contributed by atoms with Crippen LogP contribution in [-0.4, -0.2) is 198 Å². The van der Waals surface area contributed by atoms with Gasteiger partial charge in [0, 0.05) is 62.9 Å². The first kappa shape index (κ1) is 74.0. The molecule has 7 rings (SSSR count). The van der Waals surface area contributed by atoms with Crippen molar-refractivity contribution in [2.75, 3.05) is 26.7 Å². The molecule has 24 atom stereocenters. The van der Waals surface area contributed by atoms with Crippen LogP contribution in [0.2, 0.25) is 0 Å². The van der Waals surface area contributed by atoms with Gasteiger partial charge in [-0.2, -0.15) is 0 Å². The molecule has 0 bridgehead atoms. The molecule has 3 amide bonds. The zero-order chi connectivity index (χ0) is 68.7. The molecule has 0 aromatic heterocycles. The molecule has 3 saturated heterocycles. The maximum atomic E-state index is 14.5. The van der Waals surface area contributed by atoms with Gasteiger partial charge in [-0.25, -0.2) is 4.79 Å². The molecule has 518 valence electrons. The molecule has 6 aliphatic rings. The van der Waals surface area contributed by atoms with Gasteiger partial charge in [-0.1, -0.05) is 60.1 Å². The van der Waals surface area contributed by atoms with Gasteiger partial charge in [-0.15, -0.1) is 0 Å². The van der Waals surface area contributed by atoms with Crippen LogP contribution in [0, 0.1) is 47.3 Å². The molecule has 4 fully saturated rings. The number of Topliss-reactive ketones (excluding diaryl/α,β-unsaturated/α-hetero) is 2. The van der Waals surface area contributed by atoms with E-state index in [2.05, 4.69) is 16.0 Å². The molecular formula is C66H102N4O22. The number of primary amides is 1. The first-order valence-corrected chi connectivity index (χ1v) is 32.5. The van der Waals surface area contributed by atoms with Gasteiger partial charge in [0.2, 0.25) is 11.7 Å². The lowest BCUT2D eigenvalue weighted by molar-refractivity contribution is -0.318. The lowest BCUT2D eigenvalue weighted by atomic mass is 9.54. The van der Waals surface area contributed by atoms with E-state index < -0.39 is 177 Å². The molecule has 26 heteroatoms. The van der Waals surface area contributed by atoms with Gasteiger partial charge in [0.05, 0.1) is 59.2 Å². The van der Waals surface area contributed by atoms with Gasteiger partial charge in [0.1, 0.15) is 46.3 Å². The Morgan fingerprint density at radius 3 is 2.10 bits per heavy atom. The van der Waals surface area contributed by atoms with Crippen LogP contribution in [0.15, 0.2) is 35.1 Å². The van der Waals surface area contributed by atoms with E-state index in [9.17, 15) is 74.7 Å². The standard InChI is InChI=1S/C66H102N4O22/c1-15-42-65(13,84)53(76)34(6)33(5)31(3)28-62(10,82)56(91-60-49(73)30(2)26-32(4)87-60)35(7)52(36(8)59(80)89-42)90-44-29-63(11,86-14)57(37(9)88-44)92-61(81)70-23-18-16-17-22-43(72)68-24-25-69-48-40-27-39-46(50(74)45-38(64(39,12)83)20-19-21-41(45)71)54(77)66(40,85)55(78)47(51(48)75)58(67)79/h19-21,30-37,39-40,42,44,48-49,52-53,56-57,60,69,71,73-74,76,78,82-85H,15-18,22-29H2,1-14H3,(H2,67,79)(H,68,72)(H,70,81)/t30?,31-,32?,33+,34+,35?,36-,37?,39+,40+,42-,44?,48+,49?,52+,53-,56-,57?,60?,62-,63?,64-,65-,66+/m1/s1. The number of esters is 1. The maximum absolute atomic E-state index is 14.5. The fraction of sp³-hybridized carbons (Fsp3) is 0.758. The number of amides is 3. The molecule has 0 radical (unpaired) electrons. The Bertz CT molecular complexity index is 2930. The molecule has 9 unspecified atom stereocenters. The topological polar surface area (TPSA) is 411 Å². The Balaban J connectivity index is 0.944. The predicted molar refractivity (Wildman–Crippen MR) is 330 cm³/mol. The van der Waals surface area contributed by atoms with E-state index in [4.69, 9.17) is 38.9 Å². The summed E-state index contributed by atoms with van der Waals surface area (Å²) in [6.45, 7) is 22.4. The average molecular weight is 1300 g/mol. The summed E-state index contributed by atoms with van der Waals surface area (Å²) in [6, 6.07) is 2.55. The summed E-state index contributed by atoms with van der Waals surface area (Å²) in [6.07, 6.45) is -9.14. The number of carbonyl (C=O) groups excluding carboxylic acids is 6. The molecule has 1 aromatic carbocycles. The molecule has 1 saturated carbocycles. The number of carbonyl (C=O) groups is 6. The number of hydrogen-bond donors (Lipinski definition) is 13. The SMILES string of the molecule is CC[C@H]1OC(=O)[C@H](C)[C@@H](OC2CC(C)(OC)C(OC(=O)NCCCCCC(=O)NCCN[C@@H]3C(=O)C(C(N)=O)=C(O)[C@@]4(O)C(=O)C5=C(O)c6c(O)cccc6[C@@](C)(O)[C@H]5C[C@@H]34)C(C)O2)C(C)[C@@H](OC2OC(C)CC(C)C2O)[C@](C)(O)C[C@@H](C)[C@H](C)[C@H](C)[C@@H](O)[C@]1(C)O. The molecule has 3 heterocycles. The fourth-order valence-electron chi connectivity index (χ4n) is 15.3. The summed E-state index contributed by atoms with van der Waals surface area (Å²) in [7, 11) is 1.45. The Labute approximate surface area is 538 Å². The number of ketones is 2. The van der Waals surface area contributed by atoms with Crippen molar-refractivity contribution in [2.24, 2.45) is 53.1 Å². The molecule has 14 N–H and O–H groups in total. The van der Waals surface area contributed by atoms with E-state index in [0.29, 0.717) is 25.7 Å².